The smallest absolute Gasteiger partial charge is 0.327 e. The summed E-state index contributed by atoms with van der Waals surface area (Å²) in [7, 11) is 0. The minimum atomic E-state index is -5.40. The first-order valence-corrected chi connectivity index (χ1v) is 12.3. The standard InChI is InChI=1S/C26H20F7N5O5/c1-13-14(2)22(40)38(43-24(42)26(31,32)33)35-19(13)10-15-3-4-18(27)17(9-15)23(41)36-7-8-37(21(39)12-36)20-11-16(5-6-34-20)25(28,29)30/h3-6,9,11H,7-8,10,12H2,1-2H3. The van der Waals surface area contributed by atoms with Crippen LogP contribution in [0, 0.1) is 19.7 Å². The number of piperazine rings is 1. The van der Waals surface area contributed by atoms with Gasteiger partial charge < -0.3 is 9.74 Å². The normalized spacial score (nSPS) is 14.2. The van der Waals surface area contributed by atoms with Crippen molar-refractivity contribution in [2.75, 3.05) is 24.5 Å². The number of halogens is 7. The fourth-order valence-electron chi connectivity index (χ4n) is 4.15. The van der Waals surface area contributed by atoms with Gasteiger partial charge in [0.05, 0.1) is 16.8 Å². The first kappa shape index (κ1) is 31.1. The zero-order chi connectivity index (χ0) is 31.9. The molecule has 1 fully saturated rings. The second-order valence-corrected chi connectivity index (χ2v) is 9.41. The molecule has 1 aromatic carbocycles. The number of aromatic nitrogens is 3. The lowest BCUT2D eigenvalue weighted by atomic mass is 10.0. The van der Waals surface area contributed by atoms with Gasteiger partial charge in [-0.1, -0.05) is 6.07 Å². The van der Waals surface area contributed by atoms with Gasteiger partial charge in [0, 0.05) is 31.3 Å². The van der Waals surface area contributed by atoms with Crippen molar-refractivity contribution in [3.05, 3.63) is 86.2 Å². The highest BCUT2D eigenvalue weighted by atomic mass is 19.4. The zero-order valence-electron chi connectivity index (χ0n) is 22.2. The van der Waals surface area contributed by atoms with Crippen molar-refractivity contribution in [3.63, 3.8) is 0 Å². The van der Waals surface area contributed by atoms with Crippen LogP contribution in [0.3, 0.4) is 0 Å². The number of pyridine rings is 1. The van der Waals surface area contributed by atoms with Crippen LogP contribution in [0.1, 0.15) is 38.3 Å². The fraction of sp³-hybridized carbons (Fsp3) is 0.308. The molecular formula is C26H20F7N5O5. The topological polar surface area (TPSA) is 115 Å². The molecule has 1 aliphatic heterocycles. The number of benzene rings is 1. The molecule has 3 heterocycles. The summed E-state index contributed by atoms with van der Waals surface area (Å²) < 4.78 is 91.9. The highest BCUT2D eigenvalue weighted by Crippen LogP contribution is 2.31. The maximum atomic E-state index is 14.7. The second kappa shape index (κ2) is 11.4. The van der Waals surface area contributed by atoms with Crippen LogP contribution in [0.5, 0.6) is 0 Å². The van der Waals surface area contributed by atoms with E-state index in [1.165, 1.54) is 19.9 Å². The molecule has 0 unspecified atom stereocenters. The Morgan fingerprint density at radius 3 is 2.30 bits per heavy atom. The van der Waals surface area contributed by atoms with E-state index >= 15 is 0 Å². The molecular weight excluding hydrogens is 595 g/mol. The van der Waals surface area contributed by atoms with Gasteiger partial charge in [0.2, 0.25) is 5.91 Å². The fourth-order valence-corrected chi connectivity index (χ4v) is 4.15. The van der Waals surface area contributed by atoms with Gasteiger partial charge in [0.25, 0.3) is 5.91 Å². The maximum absolute atomic E-state index is 14.7. The SMILES string of the molecule is Cc1c(Cc2ccc(F)c(C(=O)N3CCN(c4cc(C(F)(F)F)ccn4)C(=O)C3)c2)nn(OC(=O)C(F)(F)F)c(=O)c1C. The van der Waals surface area contributed by atoms with Crippen LogP contribution in [0.4, 0.5) is 36.6 Å². The van der Waals surface area contributed by atoms with E-state index in [-0.39, 0.29) is 52.6 Å². The average molecular weight is 615 g/mol. The van der Waals surface area contributed by atoms with Gasteiger partial charge in [0.1, 0.15) is 18.2 Å². The molecule has 17 heteroatoms. The Balaban J connectivity index is 1.54. The van der Waals surface area contributed by atoms with Crippen LogP contribution in [0.2, 0.25) is 0 Å². The van der Waals surface area contributed by atoms with E-state index in [0.717, 1.165) is 34.2 Å². The molecule has 0 aliphatic carbocycles. The summed E-state index contributed by atoms with van der Waals surface area (Å²) in [5, 5.41) is 3.68. The molecule has 0 bridgehead atoms. The van der Waals surface area contributed by atoms with Crippen molar-refractivity contribution in [1.29, 1.82) is 0 Å². The molecule has 1 saturated heterocycles. The highest BCUT2D eigenvalue weighted by molar-refractivity contribution is 6.01. The van der Waals surface area contributed by atoms with Gasteiger partial charge in [-0.25, -0.2) is 14.2 Å². The number of hydrogen-bond donors (Lipinski definition) is 0. The molecule has 0 atom stereocenters. The molecule has 3 aromatic rings. The van der Waals surface area contributed by atoms with Crippen molar-refractivity contribution < 1.29 is 50.0 Å². The van der Waals surface area contributed by atoms with E-state index in [1.807, 2.05) is 0 Å². The van der Waals surface area contributed by atoms with Crippen molar-refractivity contribution >= 4 is 23.6 Å². The molecule has 0 radical (unpaired) electrons. The van der Waals surface area contributed by atoms with Gasteiger partial charge in [-0.15, -0.1) is 5.10 Å². The summed E-state index contributed by atoms with van der Waals surface area (Å²) in [6.45, 7) is 1.74. The number of alkyl halides is 6. The predicted octanol–water partition coefficient (Wildman–Crippen LogP) is 3.01. The molecule has 4 rings (SSSR count). The van der Waals surface area contributed by atoms with Gasteiger partial charge >= 0.3 is 23.9 Å². The minimum absolute atomic E-state index is 0.0190. The molecule has 0 saturated carbocycles. The van der Waals surface area contributed by atoms with Crippen molar-refractivity contribution in [2.45, 2.75) is 32.6 Å². The van der Waals surface area contributed by atoms with Crippen molar-refractivity contribution in [1.82, 2.24) is 19.8 Å². The Kier molecular flexibility index (Phi) is 8.28. The zero-order valence-corrected chi connectivity index (χ0v) is 22.2. The van der Waals surface area contributed by atoms with Crippen LogP contribution in [-0.4, -0.2) is 63.4 Å². The Labute approximate surface area is 237 Å². The number of carbonyl (C=O) groups is 3. The molecule has 228 valence electrons. The Bertz CT molecular complexity index is 1670. The van der Waals surface area contributed by atoms with E-state index in [1.54, 1.807) is 0 Å². The Morgan fingerprint density at radius 1 is 0.977 bits per heavy atom. The average Bonchev–Trinajstić information content (AvgIpc) is 2.94. The monoisotopic (exact) mass is 615 g/mol. The number of anilines is 1. The van der Waals surface area contributed by atoms with Gasteiger partial charge in [-0.3, -0.25) is 19.3 Å². The second-order valence-electron chi connectivity index (χ2n) is 9.41. The summed E-state index contributed by atoms with van der Waals surface area (Å²) in [6.07, 6.45) is -9.40. The van der Waals surface area contributed by atoms with E-state index in [2.05, 4.69) is 14.9 Å². The third-order valence-electron chi connectivity index (χ3n) is 6.59. The lowest BCUT2D eigenvalue weighted by molar-refractivity contribution is -0.202. The molecule has 1 aliphatic rings. The Hall–Kier alpha value is -4.83. The molecule has 2 aromatic heterocycles. The Morgan fingerprint density at radius 2 is 1.67 bits per heavy atom. The van der Waals surface area contributed by atoms with Crippen LogP contribution in [0.25, 0.3) is 0 Å². The van der Waals surface area contributed by atoms with Gasteiger partial charge in [-0.05, 0) is 54.1 Å². The molecule has 10 nitrogen and oxygen atoms in total. The van der Waals surface area contributed by atoms with E-state index in [9.17, 15) is 49.9 Å². The summed E-state index contributed by atoms with van der Waals surface area (Å²) in [5.74, 6) is -5.57. The summed E-state index contributed by atoms with van der Waals surface area (Å²) in [4.78, 5) is 59.2. The largest absolute Gasteiger partial charge is 0.493 e. The number of rotatable bonds is 5. The van der Waals surface area contributed by atoms with Gasteiger partial charge in [-0.2, -0.15) is 26.3 Å². The van der Waals surface area contributed by atoms with Crippen LogP contribution in [0.15, 0.2) is 41.3 Å². The van der Waals surface area contributed by atoms with Crippen LogP contribution >= 0.6 is 0 Å². The number of hydrogen-bond acceptors (Lipinski definition) is 7. The van der Waals surface area contributed by atoms with E-state index < -0.39 is 59.2 Å². The summed E-state index contributed by atoms with van der Waals surface area (Å²) in [5.41, 5.74) is -2.23. The maximum Gasteiger partial charge on any atom is 0.493 e. The number of amides is 2. The number of nitrogens with zero attached hydrogens (tertiary/aromatic N) is 5. The first-order chi connectivity index (χ1) is 20.0. The lowest BCUT2D eigenvalue weighted by Crippen LogP contribution is -2.52. The summed E-state index contributed by atoms with van der Waals surface area (Å²) >= 11 is 0. The third kappa shape index (κ3) is 6.65. The van der Waals surface area contributed by atoms with E-state index in [0.29, 0.717) is 6.07 Å². The van der Waals surface area contributed by atoms with Gasteiger partial charge in [0.15, 0.2) is 0 Å². The van der Waals surface area contributed by atoms with Crippen molar-refractivity contribution in [2.24, 2.45) is 0 Å². The number of carbonyl (C=O) groups excluding carboxylic acids is 3. The minimum Gasteiger partial charge on any atom is -0.327 e. The van der Waals surface area contributed by atoms with E-state index in [4.69, 9.17) is 0 Å². The lowest BCUT2D eigenvalue weighted by Gasteiger charge is -2.34. The molecule has 2 amide bonds. The van der Waals surface area contributed by atoms with Crippen molar-refractivity contribution in [3.8, 4) is 0 Å². The third-order valence-corrected chi connectivity index (χ3v) is 6.59. The predicted molar refractivity (Wildman–Crippen MR) is 132 cm³/mol. The first-order valence-electron chi connectivity index (χ1n) is 12.3. The summed E-state index contributed by atoms with van der Waals surface area (Å²) in [6, 6.07) is 4.75. The molecule has 0 N–H and O–H groups in total. The van der Waals surface area contributed by atoms with Crippen LogP contribution in [-0.2, 0) is 22.2 Å². The van der Waals surface area contributed by atoms with Crippen LogP contribution < -0.4 is 15.3 Å². The molecule has 43 heavy (non-hydrogen) atoms. The quantitative estimate of drug-likeness (QED) is 0.406. The molecule has 0 spiro atoms. The highest BCUT2D eigenvalue weighted by Gasteiger charge is 2.42.